The van der Waals surface area contributed by atoms with Crippen LogP contribution < -0.4 is 5.32 Å². The second-order valence-electron chi connectivity index (χ2n) is 6.78. The maximum atomic E-state index is 12.1. The third kappa shape index (κ3) is 6.25. The predicted molar refractivity (Wildman–Crippen MR) is 101 cm³/mol. The highest BCUT2D eigenvalue weighted by molar-refractivity contribution is 6.42. The molecule has 0 aliphatic carbocycles. The van der Waals surface area contributed by atoms with E-state index in [1.165, 1.54) is 0 Å². The van der Waals surface area contributed by atoms with E-state index in [9.17, 15) is 4.79 Å². The Kier molecular flexibility index (Phi) is 7.82. The smallest absolute Gasteiger partial charge is 0.234 e. The van der Waals surface area contributed by atoms with Crippen LogP contribution in [0, 0.1) is 5.92 Å². The zero-order valence-electron chi connectivity index (χ0n) is 14.5. The number of hydrogen-bond acceptors (Lipinski definition) is 3. The van der Waals surface area contributed by atoms with Crippen molar-refractivity contribution in [2.45, 2.75) is 20.3 Å². The zero-order chi connectivity index (χ0) is 17.5. The first-order chi connectivity index (χ1) is 11.5. The second-order valence-corrected chi connectivity index (χ2v) is 7.57. The number of benzene rings is 1. The molecule has 0 atom stereocenters. The lowest BCUT2D eigenvalue weighted by molar-refractivity contribution is -0.122. The van der Waals surface area contributed by atoms with Gasteiger partial charge in [-0.15, -0.1) is 0 Å². The van der Waals surface area contributed by atoms with Crippen LogP contribution in [0.25, 0.3) is 0 Å². The van der Waals surface area contributed by atoms with E-state index >= 15 is 0 Å². The van der Waals surface area contributed by atoms with Crippen molar-refractivity contribution in [3.05, 3.63) is 33.8 Å². The first kappa shape index (κ1) is 19.5. The highest BCUT2D eigenvalue weighted by Gasteiger charge is 2.19. The maximum absolute atomic E-state index is 12.1. The number of nitrogens with zero attached hydrogens (tertiary/aromatic N) is 2. The molecule has 0 spiro atoms. The molecule has 0 aromatic heterocycles. The topological polar surface area (TPSA) is 35.6 Å². The highest BCUT2D eigenvalue weighted by Crippen LogP contribution is 2.25. The molecule has 1 fully saturated rings. The van der Waals surface area contributed by atoms with E-state index in [1.807, 2.05) is 12.1 Å². The minimum atomic E-state index is 0.0745. The van der Waals surface area contributed by atoms with Gasteiger partial charge in [-0.05, 0) is 24.0 Å². The van der Waals surface area contributed by atoms with Gasteiger partial charge in [-0.2, -0.15) is 0 Å². The Morgan fingerprint density at radius 2 is 1.83 bits per heavy atom. The van der Waals surface area contributed by atoms with Crippen molar-refractivity contribution in [3.8, 4) is 0 Å². The van der Waals surface area contributed by atoms with Gasteiger partial charge in [0.25, 0.3) is 0 Å². The summed E-state index contributed by atoms with van der Waals surface area (Å²) in [4.78, 5) is 16.8. The molecule has 1 heterocycles. The summed E-state index contributed by atoms with van der Waals surface area (Å²) in [7, 11) is 0. The van der Waals surface area contributed by atoms with Crippen LogP contribution in [0.2, 0.25) is 10.0 Å². The Labute approximate surface area is 155 Å². The molecule has 1 aliphatic rings. The summed E-state index contributed by atoms with van der Waals surface area (Å²) >= 11 is 12.2. The highest BCUT2D eigenvalue weighted by atomic mass is 35.5. The van der Waals surface area contributed by atoms with Crippen molar-refractivity contribution in [2.24, 2.45) is 5.92 Å². The lowest BCUT2D eigenvalue weighted by Crippen LogP contribution is -2.50. The van der Waals surface area contributed by atoms with Crippen LogP contribution in [0.4, 0.5) is 0 Å². The van der Waals surface area contributed by atoms with Crippen LogP contribution in [-0.4, -0.2) is 61.5 Å². The predicted octanol–water partition coefficient (Wildman–Crippen LogP) is 2.93. The molecule has 0 radical (unpaired) electrons. The third-order valence-corrected chi connectivity index (χ3v) is 5.06. The average Bonchev–Trinajstić information content (AvgIpc) is 2.53. The summed E-state index contributed by atoms with van der Waals surface area (Å²) in [6.45, 7) is 10.7. The maximum Gasteiger partial charge on any atom is 0.234 e. The molecule has 0 unspecified atom stereocenters. The van der Waals surface area contributed by atoms with Crippen molar-refractivity contribution in [3.63, 3.8) is 0 Å². The first-order valence-electron chi connectivity index (χ1n) is 8.60. The van der Waals surface area contributed by atoms with Gasteiger partial charge in [-0.3, -0.25) is 9.69 Å². The minimum Gasteiger partial charge on any atom is -0.355 e. The van der Waals surface area contributed by atoms with Crippen molar-refractivity contribution in [1.29, 1.82) is 0 Å². The number of carbonyl (C=O) groups is 1. The minimum absolute atomic E-state index is 0.0745. The van der Waals surface area contributed by atoms with Crippen LogP contribution in [0.15, 0.2) is 18.2 Å². The van der Waals surface area contributed by atoms with Crippen molar-refractivity contribution in [2.75, 3.05) is 45.8 Å². The van der Waals surface area contributed by atoms with Crippen LogP contribution in [0.1, 0.15) is 19.4 Å². The molecule has 1 aromatic rings. The number of amides is 1. The van der Waals surface area contributed by atoms with Gasteiger partial charge >= 0.3 is 0 Å². The summed E-state index contributed by atoms with van der Waals surface area (Å²) < 4.78 is 0. The van der Waals surface area contributed by atoms with Crippen LogP contribution in [0.5, 0.6) is 0 Å². The van der Waals surface area contributed by atoms with E-state index in [0.29, 0.717) is 35.5 Å². The van der Waals surface area contributed by atoms with E-state index in [4.69, 9.17) is 23.2 Å². The van der Waals surface area contributed by atoms with Gasteiger partial charge in [0.1, 0.15) is 0 Å². The number of piperazine rings is 1. The number of rotatable bonds is 7. The molecular formula is C18H27Cl2N3O. The van der Waals surface area contributed by atoms with Gasteiger partial charge in [0.2, 0.25) is 5.91 Å². The quantitative estimate of drug-likeness (QED) is 0.800. The van der Waals surface area contributed by atoms with Gasteiger partial charge in [0.15, 0.2) is 0 Å². The van der Waals surface area contributed by atoms with Gasteiger partial charge in [0.05, 0.1) is 16.6 Å². The molecule has 0 saturated carbocycles. The Morgan fingerprint density at radius 3 is 2.50 bits per heavy atom. The molecule has 1 aliphatic heterocycles. The van der Waals surface area contributed by atoms with Crippen molar-refractivity contribution < 1.29 is 4.79 Å². The van der Waals surface area contributed by atoms with Crippen LogP contribution in [0.3, 0.4) is 0 Å². The summed E-state index contributed by atoms with van der Waals surface area (Å²) in [5, 5.41) is 4.11. The fourth-order valence-corrected chi connectivity index (χ4v) is 3.40. The molecular weight excluding hydrogens is 345 g/mol. The molecule has 24 heavy (non-hydrogen) atoms. The summed E-state index contributed by atoms with van der Waals surface area (Å²) in [6.07, 6.45) is 0.688. The summed E-state index contributed by atoms with van der Waals surface area (Å²) in [5.74, 6) is 0.767. The van der Waals surface area contributed by atoms with Crippen LogP contribution >= 0.6 is 23.2 Å². The fourth-order valence-electron chi connectivity index (χ4n) is 2.98. The molecule has 1 amide bonds. The fraction of sp³-hybridized carbons (Fsp3) is 0.611. The third-order valence-electron chi connectivity index (χ3n) is 4.20. The molecule has 1 saturated heterocycles. The summed E-state index contributed by atoms with van der Waals surface area (Å²) in [6, 6.07) is 5.58. The zero-order valence-corrected chi connectivity index (χ0v) is 16.0. The number of hydrogen-bond donors (Lipinski definition) is 1. The summed E-state index contributed by atoms with van der Waals surface area (Å²) in [5.41, 5.74) is 0.965. The van der Waals surface area contributed by atoms with Gasteiger partial charge in [0, 0.05) is 39.3 Å². The van der Waals surface area contributed by atoms with Gasteiger partial charge in [-0.1, -0.05) is 49.2 Å². The number of nitrogens with one attached hydrogen (secondary N) is 1. The largest absolute Gasteiger partial charge is 0.355 e. The van der Waals surface area contributed by atoms with E-state index in [2.05, 4.69) is 29.0 Å². The molecule has 4 nitrogen and oxygen atoms in total. The molecule has 6 heteroatoms. The first-order valence-corrected chi connectivity index (χ1v) is 9.35. The molecule has 2 rings (SSSR count). The van der Waals surface area contributed by atoms with E-state index in [0.717, 1.165) is 38.3 Å². The Morgan fingerprint density at radius 1 is 1.17 bits per heavy atom. The molecule has 0 bridgehead atoms. The monoisotopic (exact) mass is 371 g/mol. The lowest BCUT2D eigenvalue weighted by Gasteiger charge is -2.35. The molecule has 134 valence electrons. The second kappa shape index (κ2) is 9.62. The lowest BCUT2D eigenvalue weighted by atomic mass is 10.1. The van der Waals surface area contributed by atoms with Gasteiger partial charge < -0.3 is 10.2 Å². The SMILES string of the molecule is CC(C)CN1CCN(CC(=O)NCCc2cccc(Cl)c2Cl)CC1. The normalized spacial score (nSPS) is 16.5. The van der Waals surface area contributed by atoms with E-state index in [1.54, 1.807) is 6.07 Å². The van der Waals surface area contributed by atoms with E-state index in [-0.39, 0.29) is 5.91 Å². The Balaban J connectivity index is 1.66. The van der Waals surface area contributed by atoms with Crippen molar-refractivity contribution in [1.82, 2.24) is 15.1 Å². The average molecular weight is 372 g/mol. The molecule has 1 N–H and O–H groups in total. The molecule has 1 aromatic carbocycles. The standard InChI is InChI=1S/C18H27Cl2N3O/c1-14(2)12-22-8-10-23(11-9-22)13-17(24)21-7-6-15-4-3-5-16(19)18(15)20/h3-5,14H,6-13H2,1-2H3,(H,21,24). The Hall–Kier alpha value is -0.810. The van der Waals surface area contributed by atoms with E-state index < -0.39 is 0 Å². The number of halogens is 2. The number of carbonyl (C=O) groups excluding carboxylic acids is 1. The van der Waals surface area contributed by atoms with Crippen molar-refractivity contribution >= 4 is 29.1 Å². The van der Waals surface area contributed by atoms with Gasteiger partial charge in [-0.25, -0.2) is 0 Å². The van der Waals surface area contributed by atoms with Crippen LogP contribution in [-0.2, 0) is 11.2 Å². The Bertz CT molecular complexity index is 543.